The van der Waals surface area contributed by atoms with Crippen molar-refractivity contribution in [3.05, 3.63) is 38.6 Å². The molecule has 3 heterocycles. The summed E-state index contributed by atoms with van der Waals surface area (Å²) >= 11 is 5.15. The molecule has 0 aromatic carbocycles. The van der Waals surface area contributed by atoms with Gasteiger partial charge in [-0.15, -0.1) is 11.3 Å². The Hall–Kier alpha value is -1.40. The summed E-state index contributed by atoms with van der Waals surface area (Å²) in [5.41, 5.74) is 7.60. The van der Waals surface area contributed by atoms with Gasteiger partial charge in [0.1, 0.15) is 5.52 Å². The topological polar surface area (TPSA) is 56.7 Å². The van der Waals surface area contributed by atoms with Gasteiger partial charge < -0.3 is 5.73 Å². The highest BCUT2D eigenvalue weighted by molar-refractivity contribution is 9.10. The molecule has 0 unspecified atom stereocenters. The van der Waals surface area contributed by atoms with Crippen LogP contribution in [-0.2, 0) is 6.54 Å². The van der Waals surface area contributed by atoms with Crippen LogP contribution in [0.3, 0.4) is 0 Å². The first-order chi connectivity index (χ1) is 8.63. The Morgan fingerprint density at radius 1 is 1.44 bits per heavy atom. The van der Waals surface area contributed by atoms with E-state index in [1.807, 2.05) is 10.6 Å². The number of aryl methyl sites for hydroxylation is 1. The molecule has 0 fully saturated rings. The summed E-state index contributed by atoms with van der Waals surface area (Å²) in [4.78, 5) is 11.3. The summed E-state index contributed by atoms with van der Waals surface area (Å²) in [6, 6.07) is 6.15. The van der Waals surface area contributed by atoms with E-state index in [4.69, 9.17) is 5.73 Å². The molecule has 0 radical (unpaired) electrons. The van der Waals surface area contributed by atoms with Crippen molar-refractivity contribution in [2.75, 3.05) is 5.73 Å². The number of pyridine rings is 1. The molecule has 0 aliphatic heterocycles. The average molecular weight is 323 g/mol. The summed E-state index contributed by atoms with van der Waals surface area (Å²) in [6.07, 6.45) is 1.76. The number of nitrogens with zero attached hydrogens (tertiary/aromatic N) is 3. The van der Waals surface area contributed by atoms with Gasteiger partial charge in [-0.25, -0.2) is 9.97 Å². The molecule has 0 bridgehead atoms. The van der Waals surface area contributed by atoms with Crippen LogP contribution in [0.15, 0.2) is 28.9 Å². The van der Waals surface area contributed by atoms with E-state index < -0.39 is 0 Å². The number of thiophene rings is 1. The van der Waals surface area contributed by atoms with Crippen LogP contribution in [0.25, 0.3) is 11.2 Å². The van der Waals surface area contributed by atoms with E-state index in [1.165, 1.54) is 9.75 Å². The largest absolute Gasteiger partial charge is 0.369 e. The molecular formula is C12H11BrN4S. The molecule has 4 nitrogen and oxygen atoms in total. The van der Waals surface area contributed by atoms with Crippen molar-refractivity contribution in [2.24, 2.45) is 0 Å². The van der Waals surface area contributed by atoms with Gasteiger partial charge in [-0.05, 0) is 41.1 Å². The fraction of sp³-hybridized carbons (Fsp3) is 0.167. The first-order valence-corrected chi connectivity index (χ1v) is 7.07. The number of imidazole rings is 1. The van der Waals surface area contributed by atoms with Gasteiger partial charge in [-0.3, -0.25) is 4.57 Å². The van der Waals surface area contributed by atoms with Crippen LogP contribution >= 0.6 is 27.3 Å². The minimum atomic E-state index is 0.502. The van der Waals surface area contributed by atoms with Gasteiger partial charge >= 0.3 is 0 Å². The second-order valence-electron chi connectivity index (χ2n) is 4.06. The van der Waals surface area contributed by atoms with Crippen molar-refractivity contribution in [2.45, 2.75) is 13.5 Å². The summed E-state index contributed by atoms with van der Waals surface area (Å²) in [6.45, 7) is 2.81. The summed E-state index contributed by atoms with van der Waals surface area (Å²) in [5.74, 6) is 0.502. The lowest BCUT2D eigenvalue weighted by molar-refractivity contribution is 0.841. The maximum atomic E-state index is 5.96. The Morgan fingerprint density at radius 2 is 2.28 bits per heavy atom. The zero-order valence-corrected chi connectivity index (χ0v) is 12.1. The van der Waals surface area contributed by atoms with Gasteiger partial charge in [0.2, 0.25) is 5.95 Å². The van der Waals surface area contributed by atoms with Gasteiger partial charge in [0.05, 0.1) is 6.54 Å². The highest BCUT2D eigenvalue weighted by Gasteiger charge is 2.10. The van der Waals surface area contributed by atoms with Crippen LogP contribution in [0.4, 0.5) is 5.95 Å². The second kappa shape index (κ2) is 4.37. The number of fused-ring (bicyclic) bond motifs is 1. The van der Waals surface area contributed by atoms with Crippen molar-refractivity contribution in [1.82, 2.24) is 14.5 Å². The average Bonchev–Trinajstić information content (AvgIpc) is 2.84. The smallest absolute Gasteiger partial charge is 0.202 e. The molecule has 6 heteroatoms. The fourth-order valence-corrected chi connectivity index (χ4v) is 3.08. The van der Waals surface area contributed by atoms with Gasteiger partial charge in [0.15, 0.2) is 5.65 Å². The third-order valence-corrected chi connectivity index (χ3v) is 4.11. The first-order valence-electron chi connectivity index (χ1n) is 5.46. The molecule has 3 rings (SSSR count). The number of hydrogen-bond donors (Lipinski definition) is 1. The number of rotatable bonds is 2. The molecule has 0 amide bonds. The molecular weight excluding hydrogens is 312 g/mol. The van der Waals surface area contributed by atoms with Crippen LogP contribution in [0.1, 0.15) is 9.75 Å². The van der Waals surface area contributed by atoms with Crippen molar-refractivity contribution in [3.8, 4) is 0 Å². The Morgan fingerprint density at radius 3 is 3.00 bits per heavy atom. The van der Waals surface area contributed by atoms with Crippen LogP contribution in [-0.4, -0.2) is 14.5 Å². The monoisotopic (exact) mass is 322 g/mol. The second-order valence-corrected chi connectivity index (χ2v) is 6.35. The lowest BCUT2D eigenvalue weighted by atomic mass is 10.4. The third kappa shape index (κ3) is 2.02. The van der Waals surface area contributed by atoms with E-state index >= 15 is 0 Å². The SMILES string of the molecule is Cc1ccc(Cn2c(N)nc3cc(Br)cnc32)s1. The highest BCUT2D eigenvalue weighted by atomic mass is 79.9. The van der Waals surface area contributed by atoms with E-state index in [-0.39, 0.29) is 0 Å². The number of halogens is 1. The predicted molar refractivity (Wildman–Crippen MR) is 77.8 cm³/mol. The minimum Gasteiger partial charge on any atom is -0.369 e. The van der Waals surface area contributed by atoms with Crippen LogP contribution < -0.4 is 5.73 Å². The van der Waals surface area contributed by atoms with Crippen molar-refractivity contribution < 1.29 is 0 Å². The lowest BCUT2D eigenvalue weighted by Crippen LogP contribution is -2.04. The Balaban J connectivity index is 2.08. The van der Waals surface area contributed by atoms with E-state index in [2.05, 4.69) is 45.0 Å². The molecule has 0 saturated carbocycles. The molecule has 18 heavy (non-hydrogen) atoms. The first kappa shape index (κ1) is 11.7. The van der Waals surface area contributed by atoms with Crippen molar-refractivity contribution in [1.29, 1.82) is 0 Å². The zero-order valence-electron chi connectivity index (χ0n) is 9.72. The molecule has 2 N–H and O–H groups in total. The number of anilines is 1. The van der Waals surface area contributed by atoms with E-state index in [1.54, 1.807) is 17.5 Å². The van der Waals surface area contributed by atoms with Crippen LogP contribution in [0, 0.1) is 6.92 Å². The number of hydrogen-bond acceptors (Lipinski definition) is 4. The number of nitrogen functional groups attached to an aromatic ring is 1. The fourth-order valence-electron chi connectivity index (χ4n) is 1.89. The predicted octanol–water partition coefficient (Wildman–Crippen LogP) is 3.19. The molecule has 0 spiro atoms. The van der Waals surface area contributed by atoms with Crippen molar-refractivity contribution in [3.63, 3.8) is 0 Å². The van der Waals surface area contributed by atoms with Crippen LogP contribution in [0.2, 0.25) is 0 Å². The van der Waals surface area contributed by atoms with Crippen molar-refractivity contribution >= 4 is 44.4 Å². The molecule has 3 aromatic heterocycles. The quantitative estimate of drug-likeness (QED) is 0.788. The van der Waals surface area contributed by atoms with Gasteiger partial charge in [0.25, 0.3) is 0 Å². The number of nitrogens with two attached hydrogens (primary N) is 1. The molecule has 92 valence electrons. The molecule has 0 aliphatic rings. The molecule has 0 aliphatic carbocycles. The molecule has 3 aromatic rings. The minimum absolute atomic E-state index is 0.502. The molecule has 0 saturated heterocycles. The standard InChI is InChI=1S/C12H11BrN4S/c1-7-2-3-9(18-7)6-17-11-10(16-12(17)14)4-8(13)5-15-11/h2-5H,6H2,1H3,(H2,14,16). The summed E-state index contributed by atoms with van der Waals surface area (Å²) < 4.78 is 2.85. The Kier molecular flexibility index (Phi) is 2.83. The summed E-state index contributed by atoms with van der Waals surface area (Å²) in [5, 5.41) is 0. The van der Waals surface area contributed by atoms with Crippen LogP contribution in [0.5, 0.6) is 0 Å². The maximum absolute atomic E-state index is 5.96. The third-order valence-electron chi connectivity index (χ3n) is 2.69. The summed E-state index contributed by atoms with van der Waals surface area (Å²) in [7, 11) is 0. The normalized spacial score (nSPS) is 11.2. The zero-order chi connectivity index (χ0) is 12.7. The Labute approximate surface area is 117 Å². The maximum Gasteiger partial charge on any atom is 0.202 e. The molecule has 0 atom stereocenters. The highest BCUT2D eigenvalue weighted by Crippen LogP contribution is 2.23. The van der Waals surface area contributed by atoms with E-state index in [0.717, 1.165) is 22.2 Å². The van der Waals surface area contributed by atoms with Gasteiger partial charge in [-0.2, -0.15) is 0 Å². The van der Waals surface area contributed by atoms with E-state index in [0.29, 0.717) is 5.95 Å². The van der Waals surface area contributed by atoms with E-state index in [9.17, 15) is 0 Å². The lowest BCUT2D eigenvalue weighted by Gasteiger charge is -2.03. The number of aromatic nitrogens is 3. The van der Waals surface area contributed by atoms with Gasteiger partial charge in [0, 0.05) is 20.4 Å². The Bertz CT molecular complexity index is 716. The van der Waals surface area contributed by atoms with Gasteiger partial charge in [-0.1, -0.05) is 0 Å².